The Morgan fingerprint density at radius 3 is 2.56 bits per heavy atom. The van der Waals surface area contributed by atoms with E-state index in [1.165, 1.54) is 31.2 Å². The van der Waals surface area contributed by atoms with Crippen molar-refractivity contribution in [2.24, 2.45) is 0 Å². The minimum atomic E-state index is 0.751. The summed E-state index contributed by atoms with van der Waals surface area (Å²) >= 11 is 0. The highest BCUT2D eigenvalue weighted by Crippen LogP contribution is 2.38. The largest absolute Gasteiger partial charge is 0.293 e. The Kier molecular flexibility index (Phi) is 3.05. The maximum Gasteiger partial charge on any atom is 0.101 e. The molecule has 0 aliphatic carbocycles. The lowest BCUT2D eigenvalue weighted by Crippen LogP contribution is -2.27. The summed E-state index contributed by atoms with van der Waals surface area (Å²) in [5.41, 5.74) is 2.87. The fourth-order valence-electron chi connectivity index (χ4n) is 3.49. The van der Waals surface area contributed by atoms with Crippen molar-refractivity contribution in [3.05, 3.63) is 29.1 Å². The highest BCUT2D eigenvalue weighted by Gasteiger charge is 2.38. The van der Waals surface area contributed by atoms with Gasteiger partial charge in [0, 0.05) is 24.8 Å². The molecule has 2 aliphatic rings. The van der Waals surface area contributed by atoms with Gasteiger partial charge in [-0.3, -0.25) is 9.88 Å². The van der Waals surface area contributed by atoms with Gasteiger partial charge in [0.25, 0.3) is 0 Å². The molecule has 2 fully saturated rings. The summed E-state index contributed by atoms with van der Waals surface area (Å²) in [4.78, 5) is 7.05. The Hall–Kier alpha value is -1.40. The van der Waals surface area contributed by atoms with E-state index in [9.17, 15) is 0 Å². The van der Waals surface area contributed by atoms with E-state index < -0.39 is 0 Å². The summed E-state index contributed by atoms with van der Waals surface area (Å²) in [6.07, 6.45) is 8.22. The van der Waals surface area contributed by atoms with Crippen molar-refractivity contribution in [3.63, 3.8) is 0 Å². The first-order valence-electron chi connectivity index (χ1n) is 6.95. The van der Waals surface area contributed by atoms with Gasteiger partial charge < -0.3 is 0 Å². The number of hydrogen-bond donors (Lipinski definition) is 0. The number of pyridine rings is 1. The SMILES string of the molecule is CCc1ncc(CN2C3CCC2CC3)cc1C#N. The van der Waals surface area contributed by atoms with E-state index in [1.54, 1.807) is 0 Å². The smallest absolute Gasteiger partial charge is 0.101 e. The van der Waals surface area contributed by atoms with Gasteiger partial charge >= 0.3 is 0 Å². The molecule has 3 rings (SSSR count). The van der Waals surface area contributed by atoms with Crippen LogP contribution in [-0.4, -0.2) is 22.0 Å². The summed E-state index contributed by atoms with van der Waals surface area (Å²) in [5.74, 6) is 0. The van der Waals surface area contributed by atoms with Gasteiger partial charge in [-0.25, -0.2) is 0 Å². The predicted octanol–water partition coefficient (Wildman–Crippen LogP) is 2.64. The Balaban J connectivity index is 1.79. The lowest BCUT2D eigenvalue weighted by atomic mass is 10.0. The second kappa shape index (κ2) is 4.70. The third kappa shape index (κ3) is 1.91. The summed E-state index contributed by atoms with van der Waals surface area (Å²) in [7, 11) is 0. The molecule has 0 unspecified atom stereocenters. The van der Waals surface area contributed by atoms with Gasteiger partial charge in [0.1, 0.15) is 6.07 Å². The van der Waals surface area contributed by atoms with Crippen molar-refractivity contribution in [2.75, 3.05) is 0 Å². The van der Waals surface area contributed by atoms with Crippen LogP contribution in [0.3, 0.4) is 0 Å². The molecule has 2 aliphatic heterocycles. The van der Waals surface area contributed by atoms with Crippen LogP contribution in [0.15, 0.2) is 12.3 Å². The molecule has 3 heterocycles. The zero-order valence-corrected chi connectivity index (χ0v) is 10.9. The van der Waals surface area contributed by atoms with Gasteiger partial charge in [0.15, 0.2) is 0 Å². The maximum absolute atomic E-state index is 9.15. The maximum atomic E-state index is 9.15. The standard InChI is InChI=1S/C15H19N3/c1-2-15-12(8-16)7-11(9-17-15)10-18-13-3-4-14(18)6-5-13/h7,9,13-14H,2-6,10H2,1H3. The Labute approximate surface area is 108 Å². The highest BCUT2D eigenvalue weighted by molar-refractivity contribution is 5.36. The minimum Gasteiger partial charge on any atom is -0.293 e. The summed E-state index contributed by atoms with van der Waals surface area (Å²) in [6.45, 7) is 3.02. The van der Waals surface area contributed by atoms with Gasteiger partial charge in [-0.1, -0.05) is 6.92 Å². The number of fused-ring (bicyclic) bond motifs is 2. The first-order valence-corrected chi connectivity index (χ1v) is 6.95. The molecule has 1 aromatic heterocycles. The van der Waals surface area contributed by atoms with Crippen molar-refractivity contribution < 1.29 is 0 Å². The van der Waals surface area contributed by atoms with Crippen molar-refractivity contribution in [2.45, 2.75) is 57.7 Å². The molecule has 0 saturated carbocycles. The molecule has 0 atom stereocenters. The van der Waals surface area contributed by atoms with E-state index in [0.29, 0.717) is 0 Å². The number of nitrogens with zero attached hydrogens (tertiary/aromatic N) is 3. The lowest BCUT2D eigenvalue weighted by molar-refractivity contribution is 0.243. The van der Waals surface area contributed by atoms with Gasteiger partial charge in [-0.2, -0.15) is 5.26 Å². The Morgan fingerprint density at radius 1 is 1.33 bits per heavy atom. The van der Waals surface area contributed by atoms with Crippen molar-refractivity contribution in [1.29, 1.82) is 5.26 Å². The third-order valence-corrected chi connectivity index (χ3v) is 4.45. The first-order chi connectivity index (χ1) is 8.81. The zero-order chi connectivity index (χ0) is 12.5. The van der Waals surface area contributed by atoms with Crippen LogP contribution in [0, 0.1) is 11.3 Å². The van der Waals surface area contributed by atoms with E-state index in [-0.39, 0.29) is 0 Å². The second-order valence-corrected chi connectivity index (χ2v) is 5.44. The number of aryl methyl sites for hydroxylation is 1. The van der Waals surface area contributed by atoms with Crippen molar-refractivity contribution in [3.8, 4) is 6.07 Å². The second-order valence-electron chi connectivity index (χ2n) is 5.44. The minimum absolute atomic E-state index is 0.751. The van der Waals surface area contributed by atoms with Crippen LogP contribution in [0.25, 0.3) is 0 Å². The fraction of sp³-hybridized carbons (Fsp3) is 0.600. The van der Waals surface area contributed by atoms with E-state index in [0.717, 1.165) is 36.3 Å². The summed E-state index contributed by atoms with van der Waals surface area (Å²) in [5, 5.41) is 9.15. The molecule has 0 radical (unpaired) electrons. The van der Waals surface area contributed by atoms with E-state index in [4.69, 9.17) is 5.26 Å². The van der Waals surface area contributed by atoms with Crippen LogP contribution in [0.5, 0.6) is 0 Å². The van der Waals surface area contributed by atoms with Crippen LogP contribution in [0.4, 0.5) is 0 Å². The number of nitriles is 1. The van der Waals surface area contributed by atoms with Crippen LogP contribution in [0.1, 0.15) is 49.4 Å². The number of hydrogen-bond acceptors (Lipinski definition) is 3. The molecule has 18 heavy (non-hydrogen) atoms. The number of rotatable bonds is 3. The van der Waals surface area contributed by atoms with Crippen LogP contribution in [0.2, 0.25) is 0 Å². The number of aromatic nitrogens is 1. The zero-order valence-electron chi connectivity index (χ0n) is 10.9. The van der Waals surface area contributed by atoms with Gasteiger partial charge in [-0.15, -0.1) is 0 Å². The molecule has 3 nitrogen and oxygen atoms in total. The molecule has 0 N–H and O–H groups in total. The van der Waals surface area contributed by atoms with Crippen molar-refractivity contribution in [1.82, 2.24) is 9.88 Å². The first kappa shape index (κ1) is 11.7. The normalized spacial score (nSPS) is 26.4. The quantitative estimate of drug-likeness (QED) is 0.816. The van der Waals surface area contributed by atoms with Gasteiger partial charge in [0.2, 0.25) is 0 Å². The molecule has 2 saturated heterocycles. The summed E-state index contributed by atoms with van der Waals surface area (Å²) < 4.78 is 0. The molecule has 0 spiro atoms. The molecular weight excluding hydrogens is 222 g/mol. The lowest BCUT2D eigenvalue weighted by Gasteiger charge is -2.21. The molecule has 0 aromatic carbocycles. The monoisotopic (exact) mass is 241 g/mol. The third-order valence-electron chi connectivity index (χ3n) is 4.45. The average Bonchev–Trinajstić information content (AvgIpc) is 2.98. The van der Waals surface area contributed by atoms with Gasteiger partial charge in [-0.05, 0) is 43.7 Å². The molecule has 0 amide bonds. The van der Waals surface area contributed by atoms with Crippen LogP contribution < -0.4 is 0 Å². The van der Waals surface area contributed by atoms with Crippen LogP contribution in [-0.2, 0) is 13.0 Å². The van der Waals surface area contributed by atoms with E-state index in [1.807, 2.05) is 19.2 Å². The highest BCUT2D eigenvalue weighted by atomic mass is 15.2. The molecule has 3 heteroatoms. The van der Waals surface area contributed by atoms with Crippen LogP contribution >= 0.6 is 0 Å². The topological polar surface area (TPSA) is 39.9 Å². The van der Waals surface area contributed by atoms with E-state index >= 15 is 0 Å². The average molecular weight is 241 g/mol. The fourth-order valence-corrected chi connectivity index (χ4v) is 3.49. The van der Waals surface area contributed by atoms with E-state index in [2.05, 4.69) is 16.0 Å². The Morgan fingerprint density at radius 2 is 2.00 bits per heavy atom. The molecular formula is C15H19N3. The molecule has 2 bridgehead atoms. The Bertz CT molecular complexity index is 469. The molecule has 1 aromatic rings. The predicted molar refractivity (Wildman–Crippen MR) is 69.9 cm³/mol. The van der Waals surface area contributed by atoms with Crippen molar-refractivity contribution >= 4 is 0 Å². The molecule has 94 valence electrons. The summed E-state index contributed by atoms with van der Waals surface area (Å²) in [6, 6.07) is 5.87. The van der Waals surface area contributed by atoms with Gasteiger partial charge in [0.05, 0.1) is 11.3 Å².